The van der Waals surface area contributed by atoms with Crippen molar-refractivity contribution in [1.82, 2.24) is 14.9 Å². The van der Waals surface area contributed by atoms with Crippen molar-refractivity contribution in [2.75, 3.05) is 13.1 Å². The summed E-state index contributed by atoms with van der Waals surface area (Å²) >= 11 is 0. The van der Waals surface area contributed by atoms with E-state index in [1.165, 1.54) is 18.5 Å². The van der Waals surface area contributed by atoms with E-state index in [4.69, 9.17) is 0 Å². The quantitative estimate of drug-likeness (QED) is 0.789. The number of imidazole rings is 1. The second-order valence-corrected chi connectivity index (χ2v) is 4.28. The molecule has 3 heteroatoms. The first-order valence-corrected chi connectivity index (χ1v) is 5.86. The summed E-state index contributed by atoms with van der Waals surface area (Å²) < 4.78 is 0. The molecule has 1 fully saturated rings. The molecule has 1 unspecified atom stereocenters. The number of hydrogen-bond donors (Lipinski definition) is 1. The second-order valence-electron chi connectivity index (χ2n) is 4.28. The van der Waals surface area contributed by atoms with Crippen LogP contribution in [0.4, 0.5) is 0 Å². The van der Waals surface area contributed by atoms with E-state index in [2.05, 4.69) is 27.5 Å². The molecule has 1 aromatic heterocycles. The summed E-state index contributed by atoms with van der Waals surface area (Å²) in [5.74, 6) is 0.568. The number of aromatic amines is 1. The van der Waals surface area contributed by atoms with Crippen LogP contribution in [0.5, 0.6) is 0 Å². The fraction of sp³-hybridized carbons (Fsp3) is 0.462. The van der Waals surface area contributed by atoms with Crippen molar-refractivity contribution in [1.29, 1.82) is 0 Å². The first-order chi connectivity index (χ1) is 7.81. The van der Waals surface area contributed by atoms with Gasteiger partial charge in [-0.25, -0.2) is 4.98 Å². The molecule has 2 rings (SSSR count). The van der Waals surface area contributed by atoms with Crippen molar-refractivity contribution >= 4 is 0 Å². The zero-order valence-corrected chi connectivity index (χ0v) is 9.82. The van der Waals surface area contributed by atoms with Crippen molar-refractivity contribution in [2.45, 2.75) is 25.7 Å². The molecule has 1 atom stereocenters. The molecule has 1 saturated heterocycles. The first-order valence-electron chi connectivity index (χ1n) is 5.86. The Kier molecular flexibility index (Phi) is 3.44. The van der Waals surface area contributed by atoms with E-state index in [1.54, 1.807) is 6.33 Å². The summed E-state index contributed by atoms with van der Waals surface area (Å²) in [5, 5.41) is 0. The van der Waals surface area contributed by atoms with E-state index in [0.29, 0.717) is 5.92 Å². The zero-order chi connectivity index (χ0) is 11.4. The fourth-order valence-corrected chi connectivity index (χ4v) is 2.28. The Bertz CT molecular complexity index is 365. The molecule has 1 aliphatic heterocycles. The number of H-pyrrole nitrogens is 1. The molecule has 86 valence electrons. The van der Waals surface area contributed by atoms with Crippen LogP contribution in [-0.2, 0) is 0 Å². The van der Waals surface area contributed by atoms with Crippen LogP contribution in [0.25, 0.3) is 0 Å². The molecule has 0 amide bonds. The Labute approximate surface area is 96.9 Å². The van der Waals surface area contributed by atoms with Crippen LogP contribution in [-0.4, -0.2) is 28.0 Å². The number of nitrogens with one attached hydrogen (secondary N) is 1. The number of piperidine rings is 1. The average molecular weight is 217 g/mol. The molecule has 0 aliphatic carbocycles. The molecular formula is C13H19N3. The van der Waals surface area contributed by atoms with Gasteiger partial charge in [0.25, 0.3) is 0 Å². The van der Waals surface area contributed by atoms with Gasteiger partial charge in [-0.3, -0.25) is 0 Å². The molecule has 0 saturated carbocycles. The van der Waals surface area contributed by atoms with Gasteiger partial charge < -0.3 is 9.88 Å². The number of aromatic nitrogens is 2. The fourth-order valence-electron chi connectivity index (χ4n) is 2.28. The van der Waals surface area contributed by atoms with Crippen LogP contribution in [0.15, 0.2) is 37.0 Å². The van der Waals surface area contributed by atoms with E-state index in [1.807, 2.05) is 19.2 Å². The molecule has 0 bridgehead atoms. The van der Waals surface area contributed by atoms with Gasteiger partial charge in [0.05, 0.1) is 6.33 Å². The number of hydrogen-bond acceptors (Lipinski definition) is 2. The molecule has 0 radical (unpaired) electrons. The van der Waals surface area contributed by atoms with Crippen LogP contribution < -0.4 is 0 Å². The van der Waals surface area contributed by atoms with E-state index in [9.17, 15) is 0 Å². The van der Waals surface area contributed by atoms with Crippen molar-refractivity contribution in [3.8, 4) is 0 Å². The molecule has 3 nitrogen and oxygen atoms in total. The summed E-state index contributed by atoms with van der Waals surface area (Å²) in [7, 11) is 0. The molecule has 1 N–H and O–H groups in total. The second kappa shape index (κ2) is 5.01. The summed E-state index contributed by atoms with van der Waals surface area (Å²) in [6.07, 6.45) is 10.3. The Morgan fingerprint density at radius 1 is 1.69 bits per heavy atom. The normalized spacial score (nSPS) is 21.6. The van der Waals surface area contributed by atoms with Crippen LogP contribution >= 0.6 is 0 Å². The van der Waals surface area contributed by atoms with Gasteiger partial charge >= 0.3 is 0 Å². The van der Waals surface area contributed by atoms with Gasteiger partial charge in [0.15, 0.2) is 0 Å². The zero-order valence-electron chi connectivity index (χ0n) is 9.82. The Hall–Kier alpha value is -1.51. The van der Waals surface area contributed by atoms with E-state index in [-0.39, 0.29) is 0 Å². The predicted octanol–water partition coefficient (Wildman–Crippen LogP) is 2.68. The molecule has 0 aromatic carbocycles. The van der Waals surface area contributed by atoms with Crippen LogP contribution in [0, 0.1) is 0 Å². The average Bonchev–Trinajstić information content (AvgIpc) is 2.83. The highest BCUT2D eigenvalue weighted by molar-refractivity contribution is 5.15. The summed E-state index contributed by atoms with van der Waals surface area (Å²) in [4.78, 5) is 9.66. The molecular weight excluding hydrogens is 198 g/mol. The predicted molar refractivity (Wildman–Crippen MR) is 66.1 cm³/mol. The standard InChI is InChI=1S/C13H19N3/c1-3-5-11(2)16-7-4-6-12(9-16)13-8-14-10-15-13/h3,5,8,10,12H,2,4,6-7,9H2,1H3,(H,14,15)/b5-3-. The minimum Gasteiger partial charge on any atom is -0.371 e. The number of rotatable bonds is 3. The minimum atomic E-state index is 0.568. The number of nitrogens with zero attached hydrogens (tertiary/aromatic N) is 2. The monoisotopic (exact) mass is 217 g/mol. The highest BCUT2D eigenvalue weighted by Gasteiger charge is 2.22. The maximum Gasteiger partial charge on any atom is 0.0921 e. The third kappa shape index (κ3) is 2.35. The Morgan fingerprint density at radius 3 is 3.25 bits per heavy atom. The summed E-state index contributed by atoms with van der Waals surface area (Å²) in [6, 6.07) is 0. The molecule has 1 aromatic rings. The van der Waals surface area contributed by atoms with Crippen LogP contribution in [0.3, 0.4) is 0 Å². The minimum absolute atomic E-state index is 0.568. The molecule has 16 heavy (non-hydrogen) atoms. The van der Waals surface area contributed by atoms with Gasteiger partial charge in [0.1, 0.15) is 0 Å². The van der Waals surface area contributed by atoms with Crippen molar-refractivity contribution in [2.24, 2.45) is 0 Å². The largest absolute Gasteiger partial charge is 0.371 e. The molecule has 1 aliphatic rings. The lowest BCUT2D eigenvalue weighted by Crippen LogP contribution is -2.33. The SMILES string of the molecule is C=C(/C=C\C)N1CCCC(c2cnc[nH]2)C1. The Morgan fingerprint density at radius 2 is 2.56 bits per heavy atom. The van der Waals surface area contributed by atoms with Crippen molar-refractivity contribution in [3.63, 3.8) is 0 Å². The van der Waals surface area contributed by atoms with Crippen molar-refractivity contribution < 1.29 is 0 Å². The van der Waals surface area contributed by atoms with E-state index in [0.717, 1.165) is 18.8 Å². The first kappa shape index (κ1) is 11.0. The Balaban J connectivity index is 2.02. The summed E-state index contributed by atoms with van der Waals surface area (Å²) in [6.45, 7) is 8.29. The topological polar surface area (TPSA) is 31.9 Å². The number of likely N-dealkylation sites (tertiary alicyclic amines) is 1. The molecule has 2 heterocycles. The van der Waals surface area contributed by atoms with Gasteiger partial charge in [-0.15, -0.1) is 0 Å². The smallest absolute Gasteiger partial charge is 0.0921 e. The number of allylic oxidation sites excluding steroid dienone is 2. The lowest BCUT2D eigenvalue weighted by atomic mass is 9.95. The van der Waals surface area contributed by atoms with Crippen LogP contribution in [0.2, 0.25) is 0 Å². The summed E-state index contributed by atoms with van der Waals surface area (Å²) in [5.41, 5.74) is 2.37. The lowest BCUT2D eigenvalue weighted by molar-refractivity contribution is 0.264. The van der Waals surface area contributed by atoms with Crippen LogP contribution in [0.1, 0.15) is 31.4 Å². The van der Waals surface area contributed by atoms with Gasteiger partial charge in [-0.05, 0) is 25.8 Å². The molecule has 0 spiro atoms. The highest BCUT2D eigenvalue weighted by atomic mass is 15.1. The van der Waals surface area contributed by atoms with Gasteiger partial charge in [-0.1, -0.05) is 12.7 Å². The highest BCUT2D eigenvalue weighted by Crippen LogP contribution is 2.27. The third-order valence-electron chi connectivity index (χ3n) is 3.15. The van der Waals surface area contributed by atoms with E-state index < -0.39 is 0 Å². The van der Waals surface area contributed by atoms with Gasteiger partial charge in [-0.2, -0.15) is 0 Å². The maximum absolute atomic E-state index is 4.10. The van der Waals surface area contributed by atoms with Gasteiger partial charge in [0.2, 0.25) is 0 Å². The van der Waals surface area contributed by atoms with E-state index >= 15 is 0 Å². The third-order valence-corrected chi connectivity index (χ3v) is 3.15. The maximum atomic E-state index is 4.10. The van der Waals surface area contributed by atoms with Crippen molar-refractivity contribution in [3.05, 3.63) is 42.6 Å². The van der Waals surface area contributed by atoms with Gasteiger partial charge in [0, 0.05) is 36.6 Å². The lowest BCUT2D eigenvalue weighted by Gasteiger charge is -2.34.